The van der Waals surface area contributed by atoms with E-state index in [1.54, 1.807) is 0 Å². The topological polar surface area (TPSA) is 49.4 Å². The molecule has 27 heavy (non-hydrogen) atoms. The first-order valence-electron chi connectivity index (χ1n) is 10.4. The van der Waals surface area contributed by atoms with Crippen molar-refractivity contribution in [2.75, 3.05) is 6.54 Å². The van der Waals surface area contributed by atoms with Gasteiger partial charge in [0.1, 0.15) is 6.04 Å². The van der Waals surface area contributed by atoms with Crippen molar-refractivity contribution in [1.82, 2.24) is 10.2 Å². The second-order valence-corrected chi connectivity index (χ2v) is 9.74. The first-order chi connectivity index (χ1) is 12.7. The number of carbonyl (C=O) groups excluding carboxylic acids is 2. The number of fused-ring (bicyclic) bond motifs is 2. The van der Waals surface area contributed by atoms with Gasteiger partial charge in [-0.05, 0) is 42.1 Å². The summed E-state index contributed by atoms with van der Waals surface area (Å²) in [5.74, 6) is 0.0650. The molecule has 3 rings (SSSR count). The summed E-state index contributed by atoms with van der Waals surface area (Å²) in [6.07, 6.45) is 5.10. The van der Waals surface area contributed by atoms with Crippen LogP contribution in [0.15, 0.2) is 30.3 Å². The molecule has 1 saturated carbocycles. The molecule has 1 heterocycles. The van der Waals surface area contributed by atoms with Crippen molar-refractivity contribution in [2.45, 2.75) is 78.3 Å². The average molecular weight is 371 g/mol. The Morgan fingerprint density at radius 2 is 1.89 bits per heavy atom. The number of nitrogens with one attached hydrogen (secondary N) is 1. The lowest BCUT2D eigenvalue weighted by Crippen LogP contribution is -2.51. The largest absolute Gasteiger partial charge is 0.344 e. The molecule has 1 N–H and O–H groups in total. The van der Waals surface area contributed by atoms with Gasteiger partial charge in [-0.2, -0.15) is 0 Å². The summed E-state index contributed by atoms with van der Waals surface area (Å²) in [7, 11) is 0. The quantitative estimate of drug-likeness (QED) is 0.824. The van der Waals surface area contributed by atoms with Gasteiger partial charge in [0.05, 0.1) is 0 Å². The molecule has 3 unspecified atom stereocenters. The zero-order valence-corrected chi connectivity index (χ0v) is 17.3. The van der Waals surface area contributed by atoms with E-state index in [-0.39, 0.29) is 22.6 Å². The third kappa shape index (κ3) is 4.72. The van der Waals surface area contributed by atoms with Crippen molar-refractivity contribution in [1.29, 1.82) is 0 Å². The molecule has 2 fully saturated rings. The van der Waals surface area contributed by atoms with Crippen LogP contribution in [0.4, 0.5) is 0 Å². The molecule has 2 bridgehead atoms. The van der Waals surface area contributed by atoms with Crippen molar-refractivity contribution in [3.05, 3.63) is 35.9 Å². The summed E-state index contributed by atoms with van der Waals surface area (Å²) in [6, 6.07) is 9.82. The molecule has 0 radical (unpaired) electrons. The van der Waals surface area contributed by atoms with Crippen LogP contribution in [0.25, 0.3) is 0 Å². The van der Waals surface area contributed by atoms with Gasteiger partial charge in [-0.3, -0.25) is 9.59 Å². The van der Waals surface area contributed by atoms with E-state index in [0.717, 1.165) is 37.8 Å². The standard InChI is InChI=1S/C23H34N2O2/c1-5-9-20(26)24-19(12-17-10-7-6-8-11-17)21(27)25-16-23(4)14-18(25)13-22(2,3)15-23/h6-8,10-11,18-19H,5,9,12-16H2,1-4H3,(H,24,26). The third-order valence-electron chi connectivity index (χ3n) is 6.09. The predicted octanol–water partition coefficient (Wildman–Crippen LogP) is 3.94. The Morgan fingerprint density at radius 1 is 1.19 bits per heavy atom. The number of rotatable bonds is 6. The minimum atomic E-state index is -0.475. The third-order valence-corrected chi connectivity index (χ3v) is 6.09. The second-order valence-electron chi connectivity index (χ2n) is 9.74. The van der Waals surface area contributed by atoms with Crippen molar-refractivity contribution in [3.63, 3.8) is 0 Å². The molecule has 4 heteroatoms. The fraction of sp³-hybridized carbons (Fsp3) is 0.652. The van der Waals surface area contributed by atoms with Crippen LogP contribution in [0.3, 0.4) is 0 Å². The Kier molecular flexibility index (Phi) is 5.64. The zero-order valence-electron chi connectivity index (χ0n) is 17.3. The lowest BCUT2D eigenvalue weighted by atomic mass is 9.65. The van der Waals surface area contributed by atoms with Gasteiger partial charge >= 0.3 is 0 Å². The average Bonchev–Trinajstić information content (AvgIpc) is 2.83. The fourth-order valence-corrected chi connectivity index (χ4v) is 5.46. The van der Waals surface area contributed by atoms with Crippen molar-refractivity contribution < 1.29 is 9.59 Å². The van der Waals surface area contributed by atoms with E-state index in [2.05, 4.69) is 31.0 Å². The summed E-state index contributed by atoms with van der Waals surface area (Å²) in [6.45, 7) is 9.75. The van der Waals surface area contributed by atoms with Crippen LogP contribution in [0.5, 0.6) is 0 Å². The molecule has 3 atom stereocenters. The summed E-state index contributed by atoms with van der Waals surface area (Å²) >= 11 is 0. The van der Waals surface area contributed by atoms with Gasteiger partial charge in [0.25, 0.3) is 0 Å². The molecule has 1 aromatic rings. The van der Waals surface area contributed by atoms with E-state index in [4.69, 9.17) is 0 Å². The molecule has 1 saturated heterocycles. The Bertz CT molecular complexity index is 685. The Hall–Kier alpha value is -1.84. The van der Waals surface area contributed by atoms with Crippen LogP contribution in [-0.4, -0.2) is 35.3 Å². The maximum atomic E-state index is 13.5. The van der Waals surface area contributed by atoms with E-state index >= 15 is 0 Å². The van der Waals surface area contributed by atoms with Gasteiger partial charge in [0.2, 0.25) is 11.8 Å². The number of benzene rings is 1. The Labute approximate surface area is 163 Å². The maximum Gasteiger partial charge on any atom is 0.245 e. The van der Waals surface area contributed by atoms with Gasteiger partial charge < -0.3 is 10.2 Å². The van der Waals surface area contributed by atoms with Gasteiger partial charge in [-0.25, -0.2) is 0 Å². The molecular weight excluding hydrogens is 336 g/mol. The summed E-state index contributed by atoms with van der Waals surface area (Å²) in [4.78, 5) is 27.8. The number of nitrogens with zero attached hydrogens (tertiary/aromatic N) is 1. The lowest BCUT2D eigenvalue weighted by Gasteiger charge is -2.39. The molecule has 0 aromatic heterocycles. The van der Waals surface area contributed by atoms with Crippen LogP contribution >= 0.6 is 0 Å². The van der Waals surface area contributed by atoms with E-state index in [0.29, 0.717) is 18.9 Å². The highest BCUT2D eigenvalue weighted by molar-refractivity contribution is 5.88. The minimum absolute atomic E-state index is 0.0273. The molecule has 1 aromatic carbocycles. The van der Waals surface area contributed by atoms with Gasteiger partial charge in [-0.15, -0.1) is 0 Å². The molecule has 4 nitrogen and oxygen atoms in total. The number of hydrogen-bond acceptors (Lipinski definition) is 2. The van der Waals surface area contributed by atoms with Gasteiger partial charge in [0.15, 0.2) is 0 Å². The fourth-order valence-electron chi connectivity index (χ4n) is 5.46. The molecule has 1 aliphatic carbocycles. The van der Waals surface area contributed by atoms with Crippen LogP contribution in [0.1, 0.15) is 65.4 Å². The van der Waals surface area contributed by atoms with Crippen LogP contribution in [0, 0.1) is 10.8 Å². The molecular formula is C23H34N2O2. The number of likely N-dealkylation sites (tertiary alicyclic amines) is 1. The van der Waals surface area contributed by atoms with Gasteiger partial charge in [0, 0.05) is 25.4 Å². The normalized spacial score (nSPS) is 27.3. The highest BCUT2D eigenvalue weighted by atomic mass is 16.2. The number of amides is 2. The first kappa shape index (κ1) is 19.9. The second kappa shape index (κ2) is 7.65. The molecule has 0 spiro atoms. The maximum absolute atomic E-state index is 13.5. The minimum Gasteiger partial charge on any atom is -0.344 e. The van der Waals surface area contributed by atoms with Crippen molar-refractivity contribution in [3.8, 4) is 0 Å². The van der Waals surface area contributed by atoms with Crippen LogP contribution in [-0.2, 0) is 16.0 Å². The Balaban J connectivity index is 1.79. The SMILES string of the molecule is CCCC(=O)NC(Cc1ccccc1)C(=O)N1CC2(C)CC1CC(C)(C)C2. The highest BCUT2D eigenvalue weighted by Crippen LogP contribution is 2.52. The summed E-state index contributed by atoms with van der Waals surface area (Å²) < 4.78 is 0. The van der Waals surface area contributed by atoms with Crippen molar-refractivity contribution >= 4 is 11.8 Å². The van der Waals surface area contributed by atoms with E-state index in [1.807, 2.05) is 37.3 Å². The molecule has 2 aliphatic rings. The number of carbonyl (C=O) groups is 2. The van der Waals surface area contributed by atoms with Crippen LogP contribution < -0.4 is 5.32 Å². The molecule has 2 amide bonds. The summed E-state index contributed by atoms with van der Waals surface area (Å²) in [5, 5.41) is 3.03. The molecule has 1 aliphatic heterocycles. The Morgan fingerprint density at radius 3 is 2.56 bits per heavy atom. The van der Waals surface area contributed by atoms with Crippen LogP contribution in [0.2, 0.25) is 0 Å². The van der Waals surface area contributed by atoms with E-state index < -0.39 is 6.04 Å². The highest BCUT2D eigenvalue weighted by Gasteiger charge is 2.51. The first-order valence-corrected chi connectivity index (χ1v) is 10.4. The smallest absolute Gasteiger partial charge is 0.245 e. The van der Waals surface area contributed by atoms with Crippen molar-refractivity contribution in [2.24, 2.45) is 10.8 Å². The lowest BCUT2D eigenvalue weighted by molar-refractivity contribution is -0.137. The van der Waals surface area contributed by atoms with E-state index in [9.17, 15) is 9.59 Å². The predicted molar refractivity (Wildman–Crippen MR) is 108 cm³/mol. The zero-order chi connectivity index (χ0) is 19.7. The van der Waals surface area contributed by atoms with E-state index in [1.165, 1.54) is 0 Å². The van der Waals surface area contributed by atoms with Gasteiger partial charge in [-0.1, -0.05) is 58.0 Å². The number of hydrogen-bond donors (Lipinski definition) is 1. The molecule has 148 valence electrons. The monoisotopic (exact) mass is 370 g/mol. The summed E-state index contributed by atoms with van der Waals surface area (Å²) in [5.41, 5.74) is 1.56.